The molecule has 0 aromatic heterocycles. The van der Waals surface area contributed by atoms with Crippen molar-refractivity contribution >= 4 is 0 Å². The van der Waals surface area contributed by atoms with Crippen LogP contribution in [-0.4, -0.2) is 5.79 Å². The Hall–Kier alpha value is -0.0800. The van der Waals surface area contributed by atoms with Gasteiger partial charge in [0.15, 0.2) is 0 Å². The zero-order chi connectivity index (χ0) is 12.4. The van der Waals surface area contributed by atoms with E-state index in [1.807, 2.05) is 0 Å². The highest BCUT2D eigenvalue weighted by atomic mass is 16.5. The van der Waals surface area contributed by atoms with Crippen LogP contribution in [0.2, 0.25) is 0 Å². The van der Waals surface area contributed by atoms with E-state index in [9.17, 15) is 10.2 Å². The summed E-state index contributed by atoms with van der Waals surface area (Å²) in [7, 11) is 0. The molecule has 1 unspecified atom stereocenters. The first kappa shape index (κ1) is 15.9. The topological polar surface area (TPSA) is 46.1 Å². The number of hydrogen-bond donors (Lipinski definition) is 0. The Morgan fingerprint density at radius 1 is 0.875 bits per heavy atom. The van der Waals surface area contributed by atoms with Crippen LogP contribution in [0, 0.1) is 5.92 Å². The van der Waals surface area contributed by atoms with Crippen molar-refractivity contribution in [2.24, 2.45) is 5.92 Å². The van der Waals surface area contributed by atoms with Gasteiger partial charge in [-0.1, -0.05) is 84.5 Å². The first-order chi connectivity index (χ1) is 7.48. The van der Waals surface area contributed by atoms with Gasteiger partial charge in [-0.3, -0.25) is 0 Å². The third kappa shape index (κ3) is 9.17. The molecule has 0 N–H and O–H groups in total. The molecule has 0 aromatic rings. The van der Waals surface area contributed by atoms with Crippen LogP contribution in [0.1, 0.15) is 78.6 Å². The average Bonchev–Trinajstić information content (AvgIpc) is 2.20. The maximum atomic E-state index is 11.1. The molecule has 0 aliphatic carbocycles. The van der Waals surface area contributed by atoms with E-state index in [-0.39, 0.29) is 5.92 Å². The minimum Gasteiger partial charge on any atom is -0.863 e. The quantitative estimate of drug-likeness (QED) is 0.426. The lowest BCUT2D eigenvalue weighted by molar-refractivity contribution is -0.726. The largest absolute Gasteiger partial charge is 0.863 e. The predicted molar refractivity (Wildman–Crippen MR) is 64.8 cm³/mol. The van der Waals surface area contributed by atoms with Crippen LogP contribution in [-0.2, 0) is 0 Å². The van der Waals surface area contributed by atoms with E-state index in [4.69, 9.17) is 0 Å². The fraction of sp³-hybridized carbons (Fsp3) is 1.00. The maximum absolute atomic E-state index is 11.1. The van der Waals surface area contributed by atoms with Gasteiger partial charge in [0.25, 0.3) is 0 Å². The van der Waals surface area contributed by atoms with Gasteiger partial charge >= 0.3 is 0 Å². The van der Waals surface area contributed by atoms with E-state index in [2.05, 4.69) is 6.92 Å². The second-order valence-corrected chi connectivity index (χ2v) is 5.18. The van der Waals surface area contributed by atoms with Crippen LogP contribution in [0.3, 0.4) is 0 Å². The maximum Gasteiger partial charge on any atom is -0.0528 e. The molecule has 0 fully saturated rings. The average molecular weight is 228 g/mol. The third-order valence-corrected chi connectivity index (χ3v) is 3.39. The summed E-state index contributed by atoms with van der Waals surface area (Å²) < 4.78 is 0. The summed E-state index contributed by atoms with van der Waals surface area (Å²) in [6.45, 7) is 5.26. The zero-order valence-electron chi connectivity index (χ0n) is 11.3. The minimum absolute atomic E-state index is 0.243. The molecule has 16 heavy (non-hydrogen) atoms. The molecular weight excluding hydrogens is 200 g/mol. The van der Waals surface area contributed by atoms with Gasteiger partial charge in [-0.2, -0.15) is 0 Å². The van der Waals surface area contributed by atoms with Crippen molar-refractivity contribution in [1.29, 1.82) is 0 Å². The number of hydrogen-bond acceptors (Lipinski definition) is 2. The van der Waals surface area contributed by atoms with E-state index in [1.54, 1.807) is 6.92 Å². The highest BCUT2D eigenvalue weighted by Crippen LogP contribution is 2.17. The molecule has 0 saturated heterocycles. The lowest BCUT2D eigenvalue weighted by Gasteiger charge is -2.50. The summed E-state index contributed by atoms with van der Waals surface area (Å²) in [5, 5.41) is 22.2. The van der Waals surface area contributed by atoms with E-state index >= 15 is 0 Å². The van der Waals surface area contributed by atoms with Gasteiger partial charge in [-0.05, 0) is 0 Å². The normalized spacial score (nSPS) is 14.1. The van der Waals surface area contributed by atoms with Crippen LogP contribution < -0.4 is 10.2 Å². The van der Waals surface area contributed by atoms with Crippen LogP contribution >= 0.6 is 0 Å². The Kier molecular flexibility index (Phi) is 8.96. The number of rotatable bonds is 10. The molecule has 98 valence electrons. The third-order valence-electron chi connectivity index (χ3n) is 3.39. The minimum atomic E-state index is -2.00. The fourth-order valence-corrected chi connectivity index (χ4v) is 1.85. The summed E-state index contributed by atoms with van der Waals surface area (Å²) >= 11 is 0. The highest BCUT2D eigenvalue weighted by molar-refractivity contribution is 4.63. The first-order valence-corrected chi connectivity index (χ1v) is 6.89. The standard InChI is InChI=1S/C14H28O2/c1-4-5-6-7-8-9-10-11-12-13(2)14(3,15)16/h13H,4-12H2,1-3H3/q-2. The summed E-state index contributed by atoms with van der Waals surface area (Å²) in [5.74, 6) is -2.24. The Morgan fingerprint density at radius 3 is 1.75 bits per heavy atom. The fourth-order valence-electron chi connectivity index (χ4n) is 1.85. The van der Waals surface area contributed by atoms with Gasteiger partial charge in [-0.25, -0.2) is 5.79 Å². The van der Waals surface area contributed by atoms with E-state index < -0.39 is 5.79 Å². The molecule has 0 amide bonds. The molecule has 2 nitrogen and oxygen atoms in total. The van der Waals surface area contributed by atoms with Crippen LogP contribution in [0.25, 0.3) is 0 Å². The Morgan fingerprint density at radius 2 is 1.31 bits per heavy atom. The van der Waals surface area contributed by atoms with Crippen molar-refractivity contribution < 1.29 is 10.2 Å². The Bertz CT molecular complexity index is 149. The summed E-state index contributed by atoms with van der Waals surface area (Å²) in [4.78, 5) is 0. The molecule has 1 atom stereocenters. The van der Waals surface area contributed by atoms with E-state index in [0.717, 1.165) is 12.8 Å². The smallest absolute Gasteiger partial charge is 0.0528 e. The van der Waals surface area contributed by atoms with Crippen LogP contribution in [0.5, 0.6) is 0 Å². The molecule has 0 aliphatic heterocycles. The Labute approximate surface area is 101 Å². The second kappa shape index (κ2) is 9.00. The van der Waals surface area contributed by atoms with Crippen molar-refractivity contribution in [1.82, 2.24) is 0 Å². The molecule has 2 heteroatoms. The number of unbranched alkanes of at least 4 members (excludes halogenated alkanes) is 7. The van der Waals surface area contributed by atoms with Gasteiger partial charge in [0.1, 0.15) is 0 Å². The van der Waals surface area contributed by atoms with Crippen molar-refractivity contribution in [2.75, 3.05) is 0 Å². The first-order valence-electron chi connectivity index (χ1n) is 6.89. The molecule has 0 saturated carbocycles. The second-order valence-electron chi connectivity index (χ2n) is 5.18. The van der Waals surface area contributed by atoms with E-state index in [1.165, 1.54) is 51.9 Å². The van der Waals surface area contributed by atoms with Crippen molar-refractivity contribution in [3.8, 4) is 0 Å². The van der Waals surface area contributed by atoms with Crippen molar-refractivity contribution in [3.05, 3.63) is 0 Å². The van der Waals surface area contributed by atoms with Gasteiger partial charge in [0.2, 0.25) is 0 Å². The lowest BCUT2D eigenvalue weighted by Crippen LogP contribution is -2.58. The summed E-state index contributed by atoms with van der Waals surface area (Å²) in [6.07, 6.45) is 10.9. The highest BCUT2D eigenvalue weighted by Gasteiger charge is 2.05. The zero-order valence-corrected chi connectivity index (χ0v) is 11.3. The molecule has 0 aromatic carbocycles. The molecule has 0 spiro atoms. The summed E-state index contributed by atoms with van der Waals surface area (Å²) in [6, 6.07) is 0. The van der Waals surface area contributed by atoms with Gasteiger partial charge in [0.05, 0.1) is 0 Å². The summed E-state index contributed by atoms with van der Waals surface area (Å²) in [5.41, 5.74) is 0. The molecule has 0 heterocycles. The lowest BCUT2D eigenvalue weighted by atomic mass is 9.95. The SMILES string of the molecule is CCCCCCCCCCC(C)C(C)([O-])[O-]. The van der Waals surface area contributed by atoms with Gasteiger partial charge < -0.3 is 10.2 Å². The molecule has 0 aliphatic rings. The molecule has 0 bridgehead atoms. The molecule has 0 radical (unpaired) electrons. The molecule has 0 rings (SSSR count). The monoisotopic (exact) mass is 228 g/mol. The van der Waals surface area contributed by atoms with E-state index in [0.29, 0.717) is 0 Å². The van der Waals surface area contributed by atoms with Gasteiger partial charge in [-0.15, -0.1) is 0 Å². The molecular formula is C14H28O2-2. The van der Waals surface area contributed by atoms with Gasteiger partial charge in [0, 0.05) is 0 Å². The Balaban J connectivity index is 3.21. The van der Waals surface area contributed by atoms with Crippen LogP contribution in [0.4, 0.5) is 0 Å². The van der Waals surface area contributed by atoms with Crippen molar-refractivity contribution in [3.63, 3.8) is 0 Å². The predicted octanol–water partition coefficient (Wildman–Crippen LogP) is 2.59. The van der Waals surface area contributed by atoms with Crippen molar-refractivity contribution in [2.45, 2.75) is 84.3 Å². The van der Waals surface area contributed by atoms with Crippen LogP contribution in [0.15, 0.2) is 0 Å².